The van der Waals surface area contributed by atoms with Gasteiger partial charge >= 0.3 is 6.61 Å². The molecule has 2 N–H and O–H groups in total. The van der Waals surface area contributed by atoms with Crippen LogP contribution in [0.25, 0.3) is 11.3 Å². The van der Waals surface area contributed by atoms with E-state index in [-0.39, 0.29) is 5.75 Å². The highest BCUT2D eigenvalue weighted by molar-refractivity contribution is 7.09. The summed E-state index contributed by atoms with van der Waals surface area (Å²) in [5.41, 5.74) is 6.72. The zero-order chi connectivity index (χ0) is 14.4. The SMILES string of the molecule is NCCCCc1nc(-c2ccccc2OC(F)F)cs1. The van der Waals surface area contributed by atoms with Crippen LogP contribution >= 0.6 is 11.3 Å². The van der Waals surface area contributed by atoms with Gasteiger partial charge in [0.05, 0.1) is 10.7 Å². The zero-order valence-corrected chi connectivity index (χ0v) is 11.7. The fraction of sp³-hybridized carbons (Fsp3) is 0.357. The number of halogens is 2. The summed E-state index contributed by atoms with van der Waals surface area (Å²) < 4.78 is 29.3. The number of aryl methyl sites for hydroxylation is 1. The Balaban J connectivity index is 2.15. The van der Waals surface area contributed by atoms with Crippen LogP contribution < -0.4 is 10.5 Å². The van der Waals surface area contributed by atoms with E-state index in [1.807, 2.05) is 5.38 Å². The molecule has 0 fully saturated rings. The molecule has 2 rings (SSSR count). The number of rotatable bonds is 7. The van der Waals surface area contributed by atoms with Gasteiger partial charge in [-0.2, -0.15) is 8.78 Å². The number of nitrogens with two attached hydrogens (primary N) is 1. The molecule has 0 atom stereocenters. The summed E-state index contributed by atoms with van der Waals surface area (Å²) in [6.45, 7) is -2.16. The number of unbranched alkanes of at least 4 members (excludes halogenated alkanes) is 1. The second-order valence-corrected chi connectivity index (χ2v) is 5.19. The minimum Gasteiger partial charge on any atom is -0.434 e. The summed E-state index contributed by atoms with van der Waals surface area (Å²) in [7, 11) is 0. The highest BCUT2D eigenvalue weighted by Gasteiger charge is 2.13. The predicted molar refractivity (Wildman–Crippen MR) is 76.2 cm³/mol. The van der Waals surface area contributed by atoms with Crippen LogP contribution in [-0.2, 0) is 6.42 Å². The molecule has 6 heteroatoms. The maximum atomic E-state index is 12.4. The Morgan fingerprint density at radius 1 is 1.25 bits per heavy atom. The average Bonchev–Trinajstić information content (AvgIpc) is 2.88. The molecule has 2 aromatic rings. The average molecular weight is 298 g/mol. The number of hydrogen-bond donors (Lipinski definition) is 1. The van der Waals surface area contributed by atoms with Crippen LogP contribution in [0.4, 0.5) is 8.78 Å². The molecule has 0 aliphatic heterocycles. The fourth-order valence-electron chi connectivity index (χ4n) is 1.85. The fourth-order valence-corrected chi connectivity index (χ4v) is 2.69. The molecule has 0 amide bonds. The number of para-hydroxylation sites is 1. The number of alkyl halides is 2. The van der Waals surface area contributed by atoms with Crippen molar-refractivity contribution in [2.75, 3.05) is 6.54 Å². The van der Waals surface area contributed by atoms with Gasteiger partial charge in [0.1, 0.15) is 5.75 Å². The van der Waals surface area contributed by atoms with Crippen LogP contribution in [0.2, 0.25) is 0 Å². The summed E-state index contributed by atoms with van der Waals surface area (Å²) >= 11 is 1.53. The second kappa shape index (κ2) is 7.31. The number of ether oxygens (including phenoxy) is 1. The zero-order valence-electron chi connectivity index (χ0n) is 10.9. The van der Waals surface area contributed by atoms with Crippen molar-refractivity contribution in [1.82, 2.24) is 4.98 Å². The van der Waals surface area contributed by atoms with Crippen LogP contribution in [-0.4, -0.2) is 18.1 Å². The molecule has 3 nitrogen and oxygen atoms in total. The topological polar surface area (TPSA) is 48.1 Å². The van der Waals surface area contributed by atoms with E-state index in [4.69, 9.17) is 5.73 Å². The van der Waals surface area contributed by atoms with Crippen molar-refractivity contribution in [3.05, 3.63) is 34.7 Å². The Morgan fingerprint density at radius 3 is 2.80 bits per heavy atom. The summed E-state index contributed by atoms with van der Waals surface area (Å²) in [6.07, 6.45) is 2.80. The first kappa shape index (κ1) is 14.9. The molecular formula is C14H16F2N2OS. The van der Waals surface area contributed by atoms with Gasteiger partial charge < -0.3 is 10.5 Å². The first-order valence-electron chi connectivity index (χ1n) is 6.39. The molecule has 20 heavy (non-hydrogen) atoms. The van der Waals surface area contributed by atoms with Gasteiger partial charge in [-0.05, 0) is 37.9 Å². The first-order chi connectivity index (χ1) is 9.70. The lowest BCUT2D eigenvalue weighted by atomic mass is 10.1. The van der Waals surface area contributed by atoms with Gasteiger partial charge in [-0.15, -0.1) is 11.3 Å². The monoisotopic (exact) mass is 298 g/mol. The van der Waals surface area contributed by atoms with Crippen molar-refractivity contribution in [2.24, 2.45) is 5.73 Å². The third kappa shape index (κ3) is 3.98. The molecule has 0 saturated carbocycles. The minimum atomic E-state index is -2.83. The van der Waals surface area contributed by atoms with Crippen molar-refractivity contribution in [3.63, 3.8) is 0 Å². The normalized spacial score (nSPS) is 11.0. The largest absolute Gasteiger partial charge is 0.434 e. The summed E-state index contributed by atoms with van der Waals surface area (Å²) in [5.74, 6) is 0.154. The van der Waals surface area contributed by atoms with Crippen molar-refractivity contribution in [2.45, 2.75) is 25.9 Å². The van der Waals surface area contributed by atoms with E-state index >= 15 is 0 Å². The van der Waals surface area contributed by atoms with E-state index in [9.17, 15) is 8.78 Å². The Morgan fingerprint density at radius 2 is 2.05 bits per heavy atom. The predicted octanol–water partition coefficient (Wildman–Crippen LogP) is 3.69. The third-order valence-corrected chi connectivity index (χ3v) is 3.68. The molecule has 0 radical (unpaired) electrons. The molecular weight excluding hydrogens is 282 g/mol. The lowest BCUT2D eigenvalue weighted by molar-refractivity contribution is -0.0494. The van der Waals surface area contributed by atoms with Crippen LogP contribution in [0.3, 0.4) is 0 Å². The highest BCUT2D eigenvalue weighted by atomic mass is 32.1. The molecule has 1 heterocycles. The highest BCUT2D eigenvalue weighted by Crippen LogP contribution is 2.31. The Kier molecular flexibility index (Phi) is 5.43. The number of aromatic nitrogens is 1. The van der Waals surface area contributed by atoms with Crippen LogP contribution in [0.1, 0.15) is 17.8 Å². The van der Waals surface area contributed by atoms with E-state index < -0.39 is 6.61 Å². The van der Waals surface area contributed by atoms with E-state index in [0.717, 1.165) is 24.3 Å². The van der Waals surface area contributed by atoms with Gasteiger partial charge in [0.25, 0.3) is 0 Å². The molecule has 0 saturated heterocycles. The Hall–Kier alpha value is -1.53. The Labute approximate surface area is 120 Å². The smallest absolute Gasteiger partial charge is 0.387 e. The van der Waals surface area contributed by atoms with E-state index in [2.05, 4.69) is 9.72 Å². The number of nitrogens with zero attached hydrogens (tertiary/aromatic N) is 1. The number of thiazole rings is 1. The summed E-state index contributed by atoms with van der Waals surface area (Å²) in [5, 5.41) is 2.85. The molecule has 0 aliphatic carbocycles. The van der Waals surface area contributed by atoms with Gasteiger partial charge in [-0.3, -0.25) is 0 Å². The van der Waals surface area contributed by atoms with Gasteiger partial charge in [0, 0.05) is 10.9 Å². The van der Waals surface area contributed by atoms with Crippen molar-refractivity contribution in [1.29, 1.82) is 0 Å². The molecule has 1 aromatic carbocycles. The van der Waals surface area contributed by atoms with E-state index in [1.165, 1.54) is 17.4 Å². The molecule has 0 aliphatic rings. The van der Waals surface area contributed by atoms with Gasteiger partial charge in [0.2, 0.25) is 0 Å². The van der Waals surface area contributed by atoms with Crippen molar-refractivity contribution >= 4 is 11.3 Å². The lowest BCUT2D eigenvalue weighted by Crippen LogP contribution is -2.03. The molecule has 1 aromatic heterocycles. The van der Waals surface area contributed by atoms with Gasteiger partial charge in [0.15, 0.2) is 0 Å². The maximum absolute atomic E-state index is 12.4. The van der Waals surface area contributed by atoms with Gasteiger partial charge in [-0.1, -0.05) is 12.1 Å². The van der Waals surface area contributed by atoms with Gasteiger partial charge in [-0.25, -0.2) is 4.98 Å². The molecule has 0 spiro atoms. The van der Waals surface area contributed by atoms with Crippen molar-refractivity contribution < 1.29 is 13.5 Å². The van der Waals surface area contributed by atoms with Crippen LogP contribution in [0.15, 0.2) is 29.6 Å². The van der Waals surface area contributed by atoms with Crippen LogP contribution in [0, 0.1) is 0 Å². The first-order valence-corrected chi connectivity index (χ1v) is 7.27. The van der Waals surface area contributed by atoms with E-state index in [0.29, 0.717) is 17.8 Å². The standard InChI is InChI=1S/C14H16F2N2OS/c15-14(16)19-12-6-2-1-5-10(12)11-9-20-13(18-11)7-3-4-8-17/h1-2,5-6,9,14H,3-4,7-8,17H2. The Bertz CT molecular complexity index is 545. The molecule has 0 bridgehead atoms. The quantitative estimate of drug-likeness (QED) is 0.793. The van der Waals surface area contributed by atoms with E-state index in [1.54, 1.807) is 18.2 Å². The summed E-state index contributed by atoms with van der Waals surface area (Å²) in [4.78, 5) is 4.47. The minimum absolute atomic E-state index is 0.154. The van der Waals surface area contributed by atoms with Crippen molar-refractivity contribution in [3.8, 4) is 17.0 Å². The third-order valence-electron chi connectivity index (χ3n) is 2.78. The molecule has 0 unspecified atom stereocenters. The second-order valence-electron chi connectivity index (χ2n) is 4.25. The summed E-state index contributed by atoms with van der Waals surface area (Å²) in [6, 6.07) is 6.70. The lowest BCUT2D eigenvalue weighted by Gasteiger charge is -2.08. The maximum Gasteiger partial charge on any atom is 0.387 e. The molecule has 108 valence electrons. The number of hydrogen-bond acceptors (Lipinski definition) is 4. The number of benzene rings is 1. The van der Waals surface area contributed by atoms with Crippen LogP contribution in [0.5, 0.6) is 5.75 Å².